The Morgan fingerprint density at radius 3 is 2.07 bits per heavy atom. The second-order valence-corrected chi connectivity index (χ2v) is 6.71. The Morgan fingerprint density at radius 2 is 1.52 bits per heavy atom. The van der Waals surface area contributed by atoms with Crippen molar-refractivity contribution in [3.8, 4) is 0 Å². The molecule has 2 N–H and O–H groups in total. The molecule has 0 spiro atoms. The van der Waals surface area contributed by atoms with E-state index in [2.05, 4.69) is 10.6 Å². The van der Waals surface area contributed by atoms with E-state index in [9.17, 15) is 22.8 Å². The largest absolute Gasteiger partial charge is 0.444 e. The van der Waals surface area contributed by atoms with Gasteiger partial charge in [-0.1, -0.05) is 18.2 Å². The van der Waals surface area contributed by atoms with Crippen LogP contribution in [0.1, 0.15) is 36.7 Å². The summed E-state index contributed by atoms with van der Waals surface area (Å²) in [7, 11) is 0. The van der Waals surface area contributed by atoms with E-state index in [0.29, 0.717) is 0 Å². The van der Waals surface area contributed by atoms with Crippen LogP contribution < -0.4 is 10.6 Å². The summed E-state index contributed by atoms with van der Waals surface area (Å²) in [5, 5.41) is 4.76. The van der Waals surface area contributed by atoms with Gasteiger partial charge in [0.2, 0.25) is 0 Å². The van der Waals surface area contributed by atoms with Gasteiger partial charge in [-0.2, -0.15) is 13.2 Å². The van der Waals surface area contributed by atoms with Gasteiger partial charge in [0, 0.05) is 5.56 Å². The topological polar surface area (TPSA) is 67.4 Å². The molecule has 0 saturated carbocycles. The van der Waals surface area contributed by atoms with E-state index < -0.39 is 29.3 Å². The molecule has 2 rings (SSSR count). The fourth-order valence-corrected chi connectivity index (χ4v) is 2.13. The highest BCUT2D eigenvalue weighted by Crippen LogP contribution is 2.34. The molecule has 0 aliphatic carbocycles. The molecule has 0 heterocycles. The fourth-order valence-electron chi connectivity index (χ4n) is 2.13. The minimum absolute atomic E-state index is 0.0125. The number of benzene rings is 2. The van der Waals surface area contributed by atoms with E-state index in [1.807, 2.05) is 0 Å². The average molecular weight is 380 g/mol. The van der Waals surface area contributed by atoms with Crippen molar-refractivity contribution < 1.29 is 27.5 Å². The van der Waals surface area contributed by atoms with Crippen molar-refractivity contribution in [2.45, 2.75) is 32.5 Å². The van der Waals surface area contributed by atoms with Gasteiger partial charge in [-0.15, -0.1) is 0 Å². The van der Waals surface area contributed by atoms with Crippen LogP contribution in [0.15, 0.2) is 48.5 Å². The van der Waals surface area contributed by atoms with Crippen molar-refractivity contribution in [2.24, 2.45) is 0 Å². The summed E-state index contributed by atoms with van der Waals surface area (Å²) in [5.74, 6) is -0.609. The smallest absolute Gasteiger partial charge is 0.416 e. The van der Waals surface area contributed by atoms with Crippen molar-refractivity contribution in [1.29, 1.82) is 0 Å². The highest BCUT2D eigenvalue weighted by molar-refractivity contribution is 6.07. The van der Waals surface area contributed by atoms with Crippen molar-refractivity contribution in [3.05, 3.63) is 59.7 Å². The molecule has 144 valence electrons. The molecule has 0 aromatic heterocycles. The number of hydrogen-bond donors (Lipinski definition) is 2. The third-order valence-corrected chi connectivity index (χ3v) is 3.27. The SMILES string of the molecule is CC(C)(C)OC(=O)Nc1ccc(C(F)(F)F)cc1NC(=O)c1ccccc1. The molecule has 0 bridgehead atoms. The van der Waals surface area contributed by atoms with E-state index in [4.69, 9.17) is 4.74 Å². The number of amides is 2. The summed E-state index contributed by atoms with van der Waals surface area (Å²) < 4.78 is 44.2. The first-order valence-corrected chi connectivity index (χ1v) is 8.03. The van der Waals surface area contributed by atoms with E-state index in [1.54, 1.807) is 39.0 Å². The van der Waals surface area contributed by atoms with Gasteiger partial charge in [0.25, 0.3) is 5.91 Å². The van der Waals surface area contributed by atoms with Gasteiger partial charge in [-0.25, -0.2) is 4.79 Å². The van der Waals surface area contributed by atoms with Gasteiger partial charge in [-0.05, 0) is 51.1 Å². The maximum Gasteiger partial charge on any atom is 0.416 e. The highest BCUT2D eigenvalue weighted by atomic mass is 19.4. The minimum atomic E-state index is -4.60. The van der Waals surface area contributed by atoms with Crippen LogP contribution in [0.3, 0.4) is 0 Å². The second-order valence-electron chi connectivity index (χ2n) is 6.71. The molecule has 0 aliphatic heterocycles. The zero-order chi connectivity index (χ0) is 20.2. The maximum absolute atomic E-state index is 13.0. The quantitative estimate of drug-likeness (QED) is 0.759. The first kappa shape index (κ1) is 20.3. The van der Waals surface area contributed by atoms with Crippen molar-refractivity contribution in [1.82, 2.24) is 0 Å². The molecule has 0 unspecified atom stereocenters. The Bertz CT molecular complexity index is 828. The van der Waals surface area contributed by atoms with Crippen LogP contribution in [-0.4, -0.2) is 17.6 Å². The van der Waals surface area contributed by atoms with Gasteiger partial charge in [0.05, 0.1) is 16.9 Å². The van der Waals surface area contributed by atoms with Crippen LogP contribution in [-0.2, 0) is 10.9 Å². The van der Waals surface area contributed by atoms with Crippen LogP contribution in [0.4, 0.5) is 29.3 Å². The monoisotopic (exact) mass is 380 g/mol. The maximum atomic E-state index is 13.0. The lowest BCUT2D eigenvalue weighted by Gasteiger charge is -2.21. The van der Waals surface area contributed by atoms with Gasteiger partial charge >= 0.3 is 12.3 Å². The lowest BCUT2D eigenvalue weighted by Crippen LogP contribution is -2.27. The predicted molar refractivity (Wildman–Crippen MR) is 95.7 cm³/mol. The van der Waals surface area contributed by atoms with Gasteiger partial charge < -0.3 is 10.1 Å². The number of nitrogens with one attached hydrogen (secondary N) is 2. The molecule has 5 nitrogen and oxygen atoms in total. The summed E-state index contributed by atoms with van der Waals surface area (Å²) in [6.45, 7) is 4.95. The Hall–Kier alpha value is -3.03. The fraction of sp³-hybridized carbons (Fsp3) is 0.263. The molecule has 0 saturated heterocycles. The number of hydrogen-bond acceptors (Lipinski definition) is 3. The second kappa shape index (κ2) is 7.69. The number of halogens is 3. The Morgan fingerprint density at radius 1 is 0.889 bits per heavy atom. The third kappa shape index (κ3) is 6.02. The molecular formula is C19H19F3N2O3. The summed E-state index contributed by atoms with van der Waals surface area (Å²) in [6, 6.07) is 10.6. The lowest BCUT2D eigenvalue weighted by atomic mass is 10.1. The molecule has 0 fully saturated rings. The van der Waals surface area contributed by atoms with Gasteiger partial charge in [0.15, 0.2) is 0 Å². The summed E-state index contributed by atoms with van der Waals surface area (Å²) in [5.41, 5.74) is -1.69. The number of carbonyl (C=O) groups excluding carboxylic acids is 2. The van der Waals surface area contributed by atoms with E-state index in [-0.39, 0.29) is 16.9 Å². The van der Waals surface area contributed by atoms with Crippen LogP contribution in [0.25, 0.3) is 0 Å². The van der Waals surface area contributed by atoms with Crippen molar-refractivity contribution in [3.63, 3.8) is 0 Å². The predicted octanol–water partition coefficient (Wildman–Crippen LogP) is 5.30. The van der Waals surface area contributed by atoms with Gasteiger partial charge in [0.1, 0.15) is 5.60 Å². The normalized spacial score (nSPS) is 11.6. The third-order valence-electron chi connectivity index (χ3n) is 3.27. The first-order chi connectivity index (χ1) is 12.5. The van der Waals surface area contributed by atoms with Crippen LogP contribution in [0, 0.1) is 0 Å². The Labute approximate surface area is 154 Å². The standard InChI is InChI=1S/C19H19F3N2O3/c1-18(2,3)27-17(26)24-14-10-9-13(19(20,21)22)11-15(14)23-16(25)12-7-5-4-6-8-12/h4-11H,1-3H3,(H,23,25)(H,24,26). The zero-order valence-electron chi connectivity index (χ0n) is 15.0. The first-order valence-electron chi connectivity index (χ1n) is 8.03. The van der Waals surface area contributed by atoms with Crippen molar-refractivity contribution in [2.75, 3.05) is 10.6 Å². The van der Waals surface area contributed by atoms with E-state index >= 15 is 0 Å². The lowest BCUT2D eigenvalue weighted by molar-refractivity contribution is -0.137. The summed E-state index contributed by atoms with van der Waals surface area (Å²) in [4.78, 5) is 24.3. The van der Waals surface area contributed by atoms with E-state index in [1.165, 1.54) is 12.1 Å². The molecule has 0 radical (unpaired) electrons. The minimum Gasteiger partial charge on any atom is -0.444 e. The molecule has 2 aromatic carbocycles. The number of anilines is 2. The number of carbonyl (C=O) groups is 2. The molecular weight excluding hydrogens is 361 g/mol. The summed E-state index contributed by atoms with van der Waals surface area (Å²) in [6.07, 6.45) is -5.45. The molecule has 8 heteroatoms. The Balaban J connectivity index is 2.33. The van der Waals surface area contributed by atoms with Crippen LogP contribution >= 0.6 is 0 Å². The zero-order valence-corrected chi connectivity index (χ0v) is 15.0. The number of alkyl halides is 3. The molecule has 2 amide bonds. The highest BCUT2D eigenvalue weighted by Gasteiger charge is 2.31. The molecule has 0 aliphatic rings. The van der Waals surface area contributed by atoms with Crippen molar-refractivity contribution >= 4 is 23.4 Å². The Kier molecular flexibility index (Phi) is 5.78. The van der Waals surface area contributed by atoms with Crippen LogP contribution in [0.5, 0.6) is 0 Å². The van der Waals surface area contributed by atoms with Crippen LogP contribution in [0.2, 0.25) is 0 Å². The molecule has 2 aromatic rings. The van der Waals surface area contributed by atoms with E-state index in [0.717, 1.165) is 18.2 Å². The molecule has 0 atom stereocenters. The average Bonchev–Trinajstić information content (AvgIpc) is 2.54. The molecule has 27 heavy (non-hydrogen) atoms. The number of ether oxygens (including phenoxy) is 1. The van der Waals surface area contributed by atoms with Gasteiger partial charge in [-0.3, -0.25) is 10.1 Å². The summed E-state index contributed by atoms with van der Waals surface area (Å²) >= 11 is 0. The number of rotatable bonds is 3.